The molecule has 2 rings (SSSR count). The molecule has 0 bridgehead atoms. The van der Waals surface area contributed by atoms with Crippen LogP contribution in [0.2, 0.25) is 0 Å². The molecule has 108 valence electrons. The van der Waals surface area contributed by atoms with Crippen LogP contribution in [0.5, 0.6) is 0 Å². The lowest BCUT2D eigenvalue weighted by atomic mass is 10.1. The molecule has 7 heteroatoms. The number of carboxylic acids is 1. The highest BCUT2D eigenvalue weighted by Crippen LogP contribution is 2.23. The molecule has 0 fully saturated rings. The number of anilines is 2. The van der Waals surface area contributed by atoms with Crippen molar-refractivity contribution in [1.82, 2.24) is 4.98 Å². The molecule has 0 spiro atoms. The van der Waals surface area contributed by atoms with Gasteiger partial charge >= 0.3 is 5.97 Å². The predicted molar refractivity (Wildman–Crippen MR) is 81.9 cm³/mol. The Bertz CT molecular complexity index is 714. The van der Waals surface area contributed by atoms with Crippen molar-refractivity contribution in [3.05, 3.63) is 51.6 Å². The number of hydrogen-bond acceptors (Lipinski definition) is 4. The maximum absolute atomic E-state index is 11.5. The van der Waals surface area contributed by atoms with E-state index in [1.807, 2.05) is 12.1 Å². The van der Waals surface area contributed by atoms with E-state index in [1.54, 1.807) is 19.1 Å². The number of rotatable bonds is 4. The van der Waals surface area contributed by atoms with Gasteiger partial charge in [0.25, 0.3) is 5.91 Å². The lowest BCUT2D eigenvalue weighted by Crippen LogP contribution is -2.17. The Kier molecular flexibility index (Phi) is 4.23. The molecular weight excluding hydrogens is 338 g/mol. The van der Waals surface area contributed by atoms with Crippen LogP contribution in [0.4, 0.5) is 11.5 Å². The molecule has 21 heavy (non-hydrogen) atoms. The monoisotopic (exact) mass is 349 g/mol. The van der Waals surface area contributed by atoms with Crippen molar-refractivity contribution < 1.29 is 14.7 Å². The van der Waals surface area contributed by atoms with Gasteiger partial charge in [-0.05, 0) is 37.3 Å². The van der Waals surface area contributed by atoms with Crippen LogP contribution in [0.1, 0.15) is 26.4 Å². The summed E-state index contributed by atoms with van der Waals surface area (Å²) in [7, 11) is 0. The molecule has 0 aliphatic heterocycles. The van der Waals surface area contributed by atoms with E-state index >= 15 is 0 Å². The SMILES string of the molecule is Cc1nc(Nc2ccc(Br)cc2)c(C(N)=O)cc1C(=O)O. The standard InChI is InChI=1S/C14H12BrN3O3/c1-7-10(14(20)21)6-11(12(16)19)13(17-7)18-9-4-2-8(15)3-5-9/h2-6H,1H3,(H2,16,19)(H,17,18)(H,20,21). The van der Waals surface area contributed by atoms with E-state index in [1.165, 1.54) is 6.07 Å². The van der Waals surface area contributed by atoms with Gasteiger partial charge in [-0.25, -0.2) is 9.78 Å². The second-order valence-electron chi connectivity index (χ2n) is 4.32. The molecule has 1 aromatic carbocycles. The van der Waals surface area contributed by atoms with E-state index in [-0.39, 0.29) is 16.9 Å². The first kappa shape index (κ1) is 15.0. The number of carboxylic acid groups (broad SMARTS) is 1. The molecule has 0 aliphatic rings. The number of pyridine rings is 1. The molecule has 0 radical (unpaired) electrons. The minimum absolute atomic E-state index is 0.0286. The van der Waals surface area contributed by atoms with E-state index in [9.17, 15) is 9.59 Å². The summed E-state index contributed by atoms with van der Waals surface area (Å²) < 4.78 is 0.911. The molecule has 1 heterocycles. The number of halogens is 1. The second-order valence-corrected chi connectivity index (χ2v) is 5.23. The minimum Gasteiger partial charge on any atom is -0.478 e. The third kappa shape index (κ3) is 3.38. The number of benzene rings is 1. The van der Waals surface area contributed by atoms with Gasteiger partial charge in [0.05, 0.1) is 16.8 Å². The lowest BCUT2D eigenvalue weighted by Gasteiger charge is -2.12. The van der Waals surface area contributed by atoms with Crippen molar-refractivity contribution in [2.75, 3.05) is 5.32 Å². The van der Waals surface area contributed by atoms with Crippen molar-refractivity contribution in [1.29, 1.82) is 0 Å². The molecular formula is C14H12BrN3O3. The van der Waals surface area contributed by atoms with Crippen molar-refractivity contribution in [2.45, 2.75) is 6.92 Å². The third-order valence-electron chi connectivity index (χ3n) is 2.82. The van der Waals surface area contributed by atoms with Gasteiger partial charge in [-0.15, -0.1) is 0 Å². The number of carbonyl (C=O) groups excluding carboxylic acids is 1. The van der Waals surface area contributed by atoms with Gasteiger partial charge in [0, 0.05) is 10.2 Å². The maximum Gasteiger partial charge on any atom is 0.337 e. The summed E-state index contributed by atoms with van der Waals surface area (Å²) in [5, 5.41) is 12.0. The van der Waals surface area contributed by atoms with E-state index in [0.29, 0.717) is 11.4 Å². The molecule has 1 aromatic heterocycles. The summed E-state index contributed by atoms with van der Waals surface area (Å²) in [5.74, 6) is -1.67. The fourth-order valence-corrected chi connectivity index (χ4v) is 2.04. The third-order valence-corrected chi connectivity index (χ3v) is 3.34. The molecule has 0 saturated heterocycles. The Labute approximate surface area is 129 Å². The first-order valence-corrected chi connectivity index (χ1v) is 6.75. The maximum atomic E-state index is 11.5. The van der Waals surface area contributed by atoms with Crippen LogP contribution in [0.3, 0.4) is 0 Å². The van der Waals surface area contributed by atoms with Crippen LogP contribution in [0, 0.1) is 6.92 Å². The smallest absolute Gasteiger partial charge is 0.337 e. The summed E-state index contributed by atoms with van der Waals surface area (Å²) in [4.78, 5) is 26.7. The highest BCUT2D eigenvalue weighted by atomic mass is 79.9. The number of aromatic carboxylic acids is 1. The fraction of sp³-hybridized carbons (Fsp3) is 0.0714. The first-order valence-electron chi connectivity index (χ1n) is 5.96. The Morgan fingerprint density at radius 3 is 2.38 bits per heavy atom. The Balaban J connectivity index is 2.47. The molecule has 4 N–H and O–H groups in total. The number of amides is 1. The van der Waals surface area contributed by atoms with Crippen molar-refractivity contribution in [2.24, 2.45) is 5.73 Å². The molecule has 6 nitrogen and oxygen atoms in total. The highest BCUT2D eigenvalue weighted by molar-refractivity contribution is 9.10. The quantitative estimate of drug-likeness (QED) is 0.786. The van der Waals surface area contributed by atoms with E-state index in [4.69, 9.17) is 10.8 Å². The summed E-state index contributed by atoms with van der Waals surface area (Å²) in [6, 6.07) is 8.46. The highest BCUT2D eigenvalue weighted by Gasteiger charge is 2.17. The molecule has 0 saturated carbocycles. The van der Waals surface area contributed by atoms with Gasteiger partial charge in [-0.2, -0.15) is 0 Å². The number of nitrogens with zero attached hydrogens (tertiary/aromatic N) is 1. The van der Waals surface area contributed by atoms with Gasteiger partial charge in [0.1, 0.15) is 5.82 Å². The molecule has 0 aliphatic carbocycles. The Hall–Kier alpha value is -2.41. The van der Waals surface area contributed by atoms with Crippen LogP contribution in [-0.2, 0) is 0 Å². The van der Waals surface area contributed by atoms with Gasteiger partial charge < -0.3 is 16.2 Å². The first-order chi connectivity index (χ1) is 9.88. The number of nitrogens with one attached hydrogen (secondary N) is 1. The summed E-state index contributed by atoms with van der Waals surface area (Å²) in [5.41, 5.74) is 6.27. The average molecular weight is 350 g/mol. The average Bonchev–Trinajstić information content (AvgIpc) is 2.40. The number of aromatic nitrogens is 1. The number of nitrogens with two attached hydrogens (primary N) is 1. The van der Waals surface area contributed by atoms with Crippen molar-refractivity contribution in [3.8, 4) is 0 Å². The minimum atomic E-state index is -1.15. The Morgan fingerprint density at radius 2 is 1.86 bits per heavy atom. The van der Waals surface area contributed by atoms with E-state index in [0.717, 1.165) is 4.47 Å². The van der Waals surface area contributed by atoms with E-state index in [2.05, 4.69) is 26.2 Å². The predicted octanol–water partition coefficient (Wildman–Crippen LogP) is 2.69. The van der Waals surface area contributed by atoms with Gasteiger partial charge in [0.2, 0.25) is 0 Å². The number of primary amides is 1. The summed E-state index contributed by atoms with van der Waals surface area (Å²) in [6.07, 6.45) is 0. The normalized spacial score (nSPS) is 10.2. The Morgan fingerprint density at radius 1 is 1.24 bits per heavy atom. The zero-order chi connectivity index (χ0) is 15.6. The summed E-state index contributed by atoms with van der Waals surface area (Å²) in [6.45, 7) is 1.56. The van der Waals surface area contributed by atoms with Crippen LogP contribution in [0.15, 0.2) is 34.8 Å². The zero-order valence-corrected chi connectivity index (χ0v) is 12.6. The van der Waals surface area contributed by atoms with Crippen molar-refractivity contribution in [3.63, 3.8) is 0 Å². The van der Waals surface area contributed by atoms with Gasteiger partial charge in [0.15, 0.2) is 0 Å². The topological polar surface area (TPSA) is 105 Å². The fourth-order valence-electron chi connectivity index (χ4n) is 1.77. The largest absolute Gasteiger partial charge is 0.478 e. The van der Waals surface area contributed by atoms with Crippen LogP contribution in [0.25, 0.3) is 0 Å². The molecule has 0 unspecified atom stereocenters. The molecule has 0 atom stereocenters. The van der Waals surface area contributed by atoms with Gasteiger partial charge in [-0.1, -0.05) is 15.9 Å². The van der Waals surface area contributed by atoms with Crippen LogP contribution in [-0.4, -0.2) is 22.0 Å². The number of aryl methyl sites for hydroxylation is 1. The second kappa shape index (κ2) is 5.92. The van der Waals surface area contributed by atoms with Gasteiger partial charge in [-0.3, -0.25) is 4.79 Å². The molecule has 1 amide bonds. The zero-order valence-electron chi connectivity index (χ0n) is 11.1. The summed E-state index contributed by atoms with van der Waals surface area (Å²) >= 11 is 3.32. The number of carbonyl (C=O) groups is 2. The lowest BCUT2D eigenvalue weighted by molar-refractivity contribution is 0.0695. The van der Waals surface area contributed by atoms with Crippen LogP contribution >= 0.6 is 15.9 Å². The number of hydrogen-bond donors (Lipinski definition) is 3. The van der Waals surface area contributed by atoms with E-state index < -0.39 is 11.9 Å². The molecule has 2 aromatic rings. The van der Waals surface area contributed by atoms with Crippen molar-refractivity contribution >= 4 is 39.3 Å². The van der Waals surface area contributed by atoms with Crippen LogP contribution < -0.4 is 11.1 Å².